The van der Waals surface area contributed by atoms with Crippen LogP contribution in [-0.2, 0) is 13.6 Å². The highest BCUT2D eigenvalue weighted by Gasteiger charge is 2.01. The number of anilines is 1. The van der Waals surface area contributed by atoms with Crippen LogP contribution in [0.5, 0.6) is 0 Å². The molecule has 0 aliphatic rings. The summed E-state index contributed by atoms with van der Waals surface area (Å²) in [5, 5.41) is 14.3. The molecule has 5 heteroatoms. The third kappa shape index (κ3) is 1.76. The molecule has 0 saturated heterocycles. The van der Waals surface area contributed by atoms with Crippen molar-refractivity contribution in [2.24, 2.45) is 7.05 Å². The molecule has 2 aromatic heterocycles. The average molecular weight is 191 g/mol. The highest BCUT2D eigenvalue weighted by molar-refractivity contribution is 5.45. The minimum absolute atomic E-state index is 0.743. The van der Waals surface area contributed by atoms with E-state index in [-0.39, 0.29) is 0 Å². The Labute approximate surface area is 82.1 Å². The van der Waals surface area contributed by atoms with Gasteiger partial charge in [-0.1, -0.05) is 0 Å². The fourth-order valence-corrected chi connectivity index (χ4v) is 1.35. The minimum Gasteiger partial charge on any atom is -0.377 e. The maximum atomic E-state index is 4.24. The zero-order valence-electron chi connectivity index (χ0n) is 8.28. The summed E-state index contributed by atoms with van der Waals surface area (Å²) in [7, 11) is 1.91. The lowest BCUT2D eigenvalue weighted by molar-refractivity contribution is 0.756. The van der Waals surface area contributed by atoms with E-state index in [0.29, 0.717) is 0 Å². The van der Waals surface area contributed by atoms with Crippen LogP contribution in [-0.4, -0.2) is 20.0 Å². The Morgan fingerprint density at radius 3 is 3.00 bits per heavy atom. The van der Waals surface area contributed by atoms with Gasteiger partial charge in [0.15, 0.2) is 0 Å². The maximum absolute atomic E-state index is 4.24. The molecule has 0 aliphatic heterocycles. The summed E-state index contributed by atoms with van der Waals surface area (Å²) in [5.74, 6) is 0. The lowest BCUT2D eigenvalue weighted by Gasteiger charge is -2.01. The van der Waals surface area contributed by atoms with Crippen LogP contribution in [0.2, 0.25) is 0 Å². The second-order valence-electron chi connectivity index (χ2n) is 3.24. The second kappa shape index (κ2) is 3.53. The molecule has 2 N–H and O–H groups in total. The van der Waals surface area contributed by atoms with Crippen LogP contribution >= 0.6 is 0 Å². The lowest BCUT2D eigenvalue weighted by Crippen LogP contribution is -1.99. The van der Waals surface area contributed by atoms with Gasteiger partial charge in [0.1, 0.15) is 0 Å². The van der Waals surface area contributed by atoms with Gasteiger partial charge in [-0.25, -0.2) is 0 Å². The van der Waals surface area contributed by atoms with Gasteiger partial charge in [-0.05, 0) is 13.0 Å². The van der Waals surface area contributed by atoms with Crippen LogP contribution in [0.15, 0.2) is 18.5 Å². The van der Waals surface area contributed by atoms with Crippen molar-refractivity contribution in [3.63, 3.8) is 0 Å². The maximum Gasteiger partial charge on any atom is 0.0825 e. The first-order chi connectivity index (χ1) is 6.75. The molecule has 0 amide bonds. The summed E-state index contributed by atoms with van der Waals surface area (Å²) in [6, 6.07) is 1.94. The molecule has 0 atom stereocenters. The van der Waals surface area contributed by atoms with Gasteiger partial charge < -0.3 is 5.32 Å². The summed E-state index contributed by atoms with van der Waals surface area (Å²) in [6.45, 7) is 2.72. The number of aromatic amines is 1. The summed E-state index contributed by atoms with van der Waals surface area (Å²) < 4.78 is 1.80. The topological polar surface area (TPSA) is 58.5 Å². The van der Waals surface area contributed by atoms with Crippen molar-refractivity contribution in [2.45, 2.75) is 13.5 Å². The molecule has 0 saturated carbocycles. The van der Waals surface area contributed by atoms with Gasteiger partial charge in [0.05, 0.1) is 23.6 Å². The zero-order chi connectivity index (χ0) is 9.97. The van der Waals surface area contributed by atoms with E-state index < -0.39 is 0 Å². The Morgan fingerprint density at radius 2 is 2.43 bits per heavy atom. The van der Waals surface area contributed by atoms with Crippen LogP contribution in [0.1, 0.15) is 11.4 Å². The van der Waals surface area contributed by atoms with Gasteiger partial charge in [0.2, 0.25) is 0 Å². The monoisotopic (exact) mass is 191 g/mol. The van der Waals surface area contributed by atoms with Crippen LogP contribution < -0.4 is 5.32 Å². The summed E-state index contributed by atoms with van der Waals surface area (Å²) in [5.41, 5.74) is 3.13. The predicted molar refractivity (Wildman–Crippen MR) is 53.9 cm³/mol. The third-order valence-electron chi connectivity index (χ3n) is 2.04. The van der Waals surface area contributed by atoms with Gasteiger partial charge in [-0.3, -0.25) is 9.78 Å². The van der Waals surface area contributed by atoms with E-state index in [9.17, 15) is 0 Å². The van der Waals surface area contributed by atoms with Crippen molar-refractivity contribution in [2.75, 3.05) is 5.32 Å². The number of aryl methyl sites for hydroxylation is 2. The van der Waals surface area contributed by atoms with Crippen molar-refractivity contribution in [3.8, 4) is 0 Å². The minimum atomic E-state index is 0.743. The number of rotatable bonds is 3. The number of nitrogens with zero attached hydrogens (tertiary/aromatic N) is 3. The number of hydrogen-bond acceptors (Lipinski definition) is 3. The predicted octanol–water partition coefficient (Wildman–Crippen LogP) is 1.06. The Kier molecular flexibility index (Phi) is 2.22. The number of hydrogen-bond donors (Lipinski definition) is 2. The molecule has 0 aliphatic carbocycles. The van der Waals surface area contributed by atoms with Crippen molar-refractivity contribution in [1.82, 2.24) is 20.0 Å². The smallest absolute Gasteiger partial charge is 0.0825 e. The van der Waals surface area contributed by atoms with Crippen molar-refractivity contribution in [1.29, 1.82) is 0 Å². The van der Waals surface area contributed by atoms with Crippen molar-refractivity contribution in [3.05, 3.63) is 29.8 Å². The molecule has 0 aromatic carbocycles. The molecule has 74 valence electrons. The van der Waals surface area contributed by atoms with Gasteiger partial charge in [-0.2, -0.15) is 10.2 Å². The van der Waals surface area contributed by atoms with Gasteiger partial charge >= 0.3 is 0 Å². The number of aromatic nitrogens is 4. The summed E-state index contributed by atoms with van der Waals surface area (Å²) >= 11 is 0. The molecule has 2 aromatic rings. The van der Waals surface area contributed by atoms with Crippen LogP contribution in [0.25, 0.3) is 0 Å². The molecule has 2 rings (SSSR count). The Morgan fingerprint density at radius 1 is 1.57 bits per heavy atom. The molecule has 0 spiro atoms. The quantitative estimate of drug-likeness (QED) is 0.762. The van der Waals surface area contributed by atoms with Crippen molar-refractivity contribution >= 4 is 5.69 Å². The Hall–Kier alpha value is -1.78. The first kappa shape index (κ1) is 8.80. The fraction of sp³-hybridized carbons (Fsp3) is 0.333. The second-order valence-corrected chi connectivity index (χ2v) is 3.24. The molecule has 0 unspecified atom stereocenters. The molecular weight excluding hydrogens is 178 g/mol. The molecule has 5 nitrogen and oxygen atoms in total. The zero-order valence-corrected chi connectivity index (χ0v) is 8.28. The SMILES string of the molecule is Cc1nn(C)cc1NCc1ccn[nH]1. The van der Waals surface area contributed by atoms with E-state index in [1.807, 2.05) is 26.2 Å². The molecule has 0 fully saturated rings. The van der Waals surface area contributed by atoms with E-state index in [1.54, 1.807) is 10.9 Å². The first-order valence-corrected chi connectivity index (χ1v) is 4.48. The molecular formula is C9H13N5. The molecule has 2 heterocycles. The normalized spacial score (nSPS) is 10.4. The van der Waals surface area contributed by atoms with Gasteiger partial charge in [0, 0.05) is 19.4 Å². The third-order valence-corrected chi connectivity index (χ3v) is 2.04. The Bertz CT molecular complexity index is 401. The first-order valence-electron chi connectivity index (χ1n) is 4.48. The number of nitrogens with one attached hydrogen (secondary N) is 2. The largest absolute Gasteiger partial charge is 0.377 e. The van der Waals surface area contributed by atoms with E-state index in [2.05, 4.69) is 20.6 Å². The molecule has 14 heavy (non-hydrogen) atoms. The van der Waals surface area contributed by atoms with Gasteiger partial charge in [-0.15, -0.1) is 0 Å². The highest BCUT2D eigenvalue weighted by Crippen LogP contribution is 2.11. The van der Waals surface area contributed by atoms with E-state index >= 15 is 0 Å². The standard InChI is InChI=1S/C9H13N5/c1-7-9(6-14(2)13-7)10-5-8-3-4-11-12-8/h3-4,6,10H,5H2,1-2H3,(H,11,12). The lowest BCUT2D eigenvalue weighted by atomic mass is 10.3. The highest BCUT2D eigenvalue weighted by atomic mass is 15.3. The van der Waals surface area contributed by atoms with Crippen LogP contribution in [0.3, 0.4) is 0 Å². The summed E-state index contributed by atoms with van der Waals surface area (Å²) in [6.07, 6.45) is 3.71. The van der Waals surface area contributed by atoms with Crippen molar-refractivity contribution < 1.29 is 0 Å². The van der Waals surface area contributed by atoms with Crippen LogP contribution in [0.4, 0.5) is 5.69 Å². The van der Waals surface area contributed by atoms with Crippen LogP contribution in [0, 0.1) is 6.92 Å². The van der Waals surface area contributed by atoms with Gasteiger partial charge in [0.25, 0.3) is 0 Å². The summed E-state index contributed by atoms with van der Waals surface area (Å²) in [4.78, 5) is 0. The Balaban J connectivity index is 2.01. The average Bonchev–Trinajstić information content (AvgIpc) is 2.72. The number of H-pyrrole nitrogens is 1. The van der Waals surface area contributed by atoms with E-state index in [1.165, 1.54) is 0 Å². The molecule has 0 bridgehead atoms. The molecule has 0 radical (unpaired) electrons. The van der Waals surface area contributed by atoms with E-state index in [4.69, 9.17) is 0 Å². The fourth-order valence-electron chi connectivity index (χ4n) is 1.35. The van der Waals surface area contributed by atoms with E-state index in [0.717, 1.165) is 23.6 Å².